The third kappa shape index (κ3) is 6.89. The first kappa shape index (κ1) is 20.5. The number of allylic oxidation sites excluding steroid dienone is 4. The van der Waals surface area contributed by atoms with Crippen LogP contribution < -0.4 is 0 Å². The van der Waals surface area contributed by atoms with Gasteiger partial charge in [-0.15, -0.1) is 0 Å². The summed E-state index contributed by atoms with van der Waals surface area (Å²) < 4.78 is 38.3. The molecular formula is C18H27F3N2O. The highest BCUT2D eigenvalue weighted by molar-refractivity contribution is 5.81. The Kier molecular flexibility index (Phi) is 8.22. The standard InChI is InChI=1S/C18H27F3N2O/c1-4-11-23(17(24)14(2)3)12-7-10-16-9-6-5-8-15(13-22-16)18(19,20)21/h8-9,13-14H,4-7,10-12H2,1-3H3/b15-8+,16-9-,22-13+. The van der Waals surface area contributed by atoms with Crippen molar-refractivity contribution >= 4 is 12.1 Å². The number of hydrogen-bond acceptors (Lipinski definition) is 2. The van der Waals surface area contributed by atoms with E-state index in [1.165, 1.54) is 6.08 Å². The van der Waals surface area contributed by atoms with Gasteiger partial charge in [0.25, 0.3) is 0 Å². The highest BCUT2D eigenvalue weighted by Gasteiger charge is 2.32. The molecule has 0 aromatic heterocycles. The SMILES string of the molecule is CCCN(CCCC1=C\CC\C=C(C(F)(F)F)/C=N/1)C(=O)C(C)C. The van der Waals surface area contributed by atoms with Gasteiger partial charge < -0.3 is 4.90 Å². The molecule has 0 aliphatic carbocycles. The van der Waals surface area contributed by atoms with Crippen LogP contribution in [0, 0.1) is 5.92 Å². The molecule has 3 nitrogen and oxygen atoms in total. The van der Waals surface area contributed by atoms with E-state index in [1.54, 1.807) is 0 Å². The number of halogens is 3. The minimum absolute atomic E-state index is 0.0466. The van der Waals surface area contributed by atoms with Crippen LogP contribution in [0.3, 0.4) is 0 Å². The third-order valence-corrected chi connectivity index (χ3v) is 3.77. The molecule has 0 fully saturated rings. The molecule has 1 aliphatic rings. The zero-order valence-electron chi connectivity index (χ0n) is 14.7. The van der Waals surface area contributed by atoms with E-state index in [-0.39, 0.29) is 11.8 Å². The van der Waals surface area contributed by atoms with Crippen molar-refractivity contribution in [3.05, 3.63) is 23.4 Å². The van der Waals surface area contributed by atoms with Gasteiger partial charge in [-0.05, 0) is 32.1 Å². The second kappa shape index (κ2) is 9.64. The van der Waals surface area contributed by atoms with E-state index in [1.807, 2.05) is 31.7 Å². The lowest BCUT2D eigenvalue weighted by atomic mass is 10.1. The summed E-state index contributed by atoms with van der Waals surface area (Å²) in [7, 11) is 0. The van der Waals surface area contributed by atoms with Gasteiger partial charge in [-0.25, -0.2) is 0 Å². The Balaban J connectivity index is 2.60. The quantitative estimate of drug-likeness (QED) is 0.646. The second-order valence-electron chi connectivity index (χ2n) is 6.27. The second-order valence-corrected chi connectivity index (χ2v) is 6.27. The van der Waals surface area contributed by atoms with Crippen molar-refractivity contribution in [2.45, 2.75) is 59.1 Å². The van der Waals surface area contributed by atoms with E-state index in [4.69, 9.17) is 0 Å². The van der Waals surface area contributed by atoms with Gasteiger partial charge in [-0.1, -0.05) is 32.9 Å². The molecule has 136 valence electrons. The van der Waals surface area contributed by atoms with Crippen molar-refractivity contribution in [1.82, 2.24) is 4.90 Å². The number of carbonyl (C=O) groups excluding carboxylic acids is 1. The number of amides is 1. The van der Waals surface area contributed by atoms with Crippen molar-refractivity contribution in [3.8, 4) is 0 Å². The van der Waals surface area contributed by atoms with Crippen molar-refractivity contribution < 1.29 is 18.0 Å². The molecule has 0 unspecified atom stereocenters. The normalized spacial score (nSPS) is 21.3. The van der Waals surface area contributed by atoms with Crippen molar-refractivity contribution in [3.63, 3.8) is 0 Å². The zero-order valence-corrected chi connectivity index (χ0v) is 14.7. The summed E-state index contributed by atoms with van der Waals surface area (Å²) in [6.07, 6.45) is 2.70. The number of aliphatic imine (C=N–C) groups is 1. The molecule has 6 heteroatoms. The highest BCUT2D eigenvalue weighted by atomic mass is 19.4. The predicted octanol–water partition coefficient (Wildman–Crippen LogP) is 4.90. The molecule has 0 saturated heterocycles. The van der Waals surface area contributed by atoms with Crippen LogP contribution in [-0.4, -0.2) is 36.3 Å². The molecule has 0 N–H and O–H groups in total. The Labute approximate surface area is 142 Å². The van der Waals surface area contributed by atoms with Crippen molar-refractivity contribution in [1.29, 1.82) is 0 Å². The molecular weight excluding hydrogens is 317 g/mol. The minimum Gasteiger partial charge on any atom is -0.342 e. The Morgan fingerprint density at radius 1 is 1.25 bits per heavy atom. The summed E-state index contributed by atoms with van der Waals surface area (Å²) in [5.41, 5.74) is -0.0195. The lowest BCUT2D eigenvalue weighted by Gasteiger charge is -2.24. The fraction of sp³-hybridized carbons (Fsp3) is 0.667. The fourth-order valence-corrected chi connectivity index (χ4v) is 2.52. The number of hydrogen-bond donors (Lipinski definition) is 0. The number of carbonyl (C=O) groups is 1. The number of rotatable bonds is 7. The summed E-state index contributed by atoms with van der Waals surface area (Å²) in [4.78, 5) is 17.9. The average molecular weight is 344 g/mol. The van der Waals surface area contributed by atoms with Crippen LogP contribution in [-0.2, 0) is 4.79 Å². The Hall–Kier alpha value is -1.59. The minimum atomic E-state index is -4.35. The van der Waals surface area contributed by atoms with E-state index < -0.39 is 11.7 Å². The molecule has 0 aromatic carbocycles. The molecule has 1 rings (SSSR count). The largest absolute Gasteiger partial charge is 0.417 e. The third-order valence-electron chi connectivity index (χ3n) is 3.77. The Bertz CT molecular complexity index is 505. The van der Waals surface area contributed by atoms with Crippen LogP contribution in [0.25, 0.3) is 0 Å². The molecule has 1 heterocycles. The fourth-order valence-electron chi connectivity index (χ4n) is 2.52. The van der Waals surface area contributed by atoms with Crippen LogP contribution in [0.5, 0.6) is 0 Å². The summed E-state index contributed by atoms with van der Waals surface area (Å²) >= 11 is 0. The smallest absolute Gasteiger partial charge is 0.342 e. The Morgan fingerprint density at radius 2 is 1.92 bits per heavy atom. The van der Waals surface area contributed by atoms with Gasteiger partial charge >= 0.3 is 6.18 Å². The molecule has 0 atom stereocenters. The monoisotopic (exact) mass is 344 g/mol. The maximum Gasteiger partial charge on any atom is 0.417 e. The predicted molar refractivity (Wildman–Crippen MR) is 90.9 cm³/mol. The van der Waals surface area contributed by atoms with E-state index in [0.717, 1.165) is 12.6 Å². The van der Waals surface area contributed by atoms with Crippen LogP contribution in [0.1, 0.15) is 52.9 Å². The summed E-state index contributed by atoms with van der Waals surface area (Å²) in [6.45, 7) is 7.09. The molecule has 1 aliphatic heterocycles. The van der Waals surface area contributed by atoms with Gasteiger partial charge in [0, 0.05) is 30.9 Å². The summed E-state index contributed by atoms with van der Waals surface area (Å²) in [6, 6.07) is 0. The first-order valence-electron chi connectivity index (χ1n) is 8.55. The zero-order chi connectivity index (χ0) is 18.2. The van der Waals surface area contributed by atoms with E-state index >= 15 is 0 Å². The summed E-state index contributed by atoms with van der Waals surface area (Å²) in [5, 5.41) is 0. The topological polar surface area (TPSA) is 32.7 Å². The number of alkyl halides is 3. The molecule has 0 saturated carbocycles. The van der Waals surface area contributed by atoms with Gasteiger partial charge in [0.2, 0.25) is 5.91 Å². The maximum atomic E-state index is 12.8. The molecule has 0 spiro atoms. The van der Waals surface area contributed by atoms with Crippen LogP contribution in [0.4, 0.5) is 13.2 Å². The van der Waals surface area contributed by atoms with Gasteiger partial charge in [-0.2, -0.15) is 13.2 Å². The molecule has 24 heavy (non-hydrogen) atoms. The van der Waals surface area contributed by atoms with Crippen molar-refractivity contribution in [2.75, 3.05) is 13.1 Å². The van der Waals surface area contributed by atoms with Gasteiger partial charge in [0.05, 0.1) is 5.57 Å². The average Bonchev–Trinajstić information content (AvgIpc) is 2.46. The molecule has 1 amide bonds. The van der Waals surface area contributed by atoms with E-state index in [0.29, 0.717) is 44.5 Å². The van der Waals surface area contributed by atoms with Gasteiger partial charge in [-0.3, -0.25) is 9.79 Å². The molecule has 0 radical (unpaired) electrons. The van der Waals surface area contributed by atoms with Crippen molar-refractivity contribution in [2.24, 2.45) is 10.9 Å². The van der Waals surface area contributed by atoms with Crippen LogP contribution in [0.15, 0.2) is 28.4 Å². The Morgan fingerprint density at radius 3 is 2.50 bits per heavy atom. The lowest BCUT2D eigenvalue weighted by molar-refractivity contribution is -0.134. The molecule has 0 aromatic rings. The van der Waals surface area contributed by atoms with Crippen LogP contribution in [0.2, 0.25) is 0 Å². The number of nitrogens with zero attached hydrogens (tertiary/aromatic N) is 2. The maximum absolute atomic E-state index is 12.8. The highest BCUT2D eigenvalue weighted by Crippen LogP contribution is 2.26. The molecule has 0 bridgehead atoms. The van der Waals surface area contributed by atoms with Gasteiger partial charge in [0.1, 0.15) is 0 Å². The van der Waals surface area contributed by atoms with E-state index in [2.05, 4.69) is 4.99 Å². The van der Waals surface area contributed by atoms with Gasteiger partial charge in [0.15, 0.2) is 0 Å². The summed E-state index contributed by atoms with van der Waals surface area (Å²) in [5.74, 6) is 0.0731. The first-order valence-corrected chi connectivity index (χ1v) is 8.55. The van der Waals surface area contributed by atoms with E-state index in [9.17, 15) is 18.0 Å². The first-order chi connectivity index (χ1) is 11.3. The van der Waals surface area contributed by atoms with Crippen LogP contribution >= 0.6 is 0 Å². The lowest BCUT2D eigenvalue weighted by Crippen LogP contribution is -2.35.